The zero-order valence-corrected chi connectivity index (χ0v) is 9.57. The van der Waals surface area contributed by atoms with Gasteiger partial charge >= 0.3 is 10.1 Å². The summed E-state index contributed by atoms with van der Waals surface area (Å²) in [6, 6.07) is 6.40. The second kappa shape index (κ2) is 4.31. The zero-order valence-electron chi connectivity index (χ0n) is 8.75. The molecule has 0 aromatic heterocycles. The van der Waals surface area contributed by atoms with E-state index in [0.717, 1.165) is 12.9 Å². The van der Waals surface area contributed by atoms with Gasteiger partial charge < -0.3 is 13.7 Å². The molecule has 0 radical (unpaired) electrons. The van der Waals surface area contributed by atoms with Gasteiger partial charge in [-0.1, -0.05) is 0 Å². The summed E-state index contributed by atoms with van der Waals surface area (Å²) in [4.78, 5) is 0. The Morgan fingerprint density at radius 2 is 1.88 bits per heavy atom. The maximum atomic E-state index is 10.8. The number of ether oxygens (including phenoxy) is 2. The summed E-state index contributed by atoms with van der Waals surface area (Å²) in [7, 11) is -3.47. The summed E-state index contributed by atoms with van der Waals surface area (Å²) in [5, 5.41) is 0. The van der Waals surface area contributed by atoms with Crippen LogP contribution in [0.2, 0.25) is 0 Å². The van der Waals surface area contributed by atoms with Gasteiger partial charge in [-0.05, 0) is 24.3 Å². The van der Waals surface area contributed by atoms with Crippen LogP contribution in [-0.2, 0) is 14.9 Å². The van der Waals surface area contributed by atoms with Gasteiger partial charge in [-0.3, -0.25) is 0 Å². The van der Waals surface area contributed by atoms with Crippen molar-refractivity contribution >= 4 is 10.1 Å². The van der Waals surface area contributed by atoms with E-state index in [4.69, 9.17) is 9.47 Å². The molecule has 0 N–H and O–H groups in total. The first kappa shape index (κ1) is 11.2. The van der Waals surface area contributed by atoms with Gasteiger partial charge in [-0.15, -0.1) is 0 Å². The quantitative estimate of drug-likeness (QED) is 0.566. The summed E-state index contributed by atoms with van der Waals surface area (Å²) in [6.45, 7) is 1.27. The molecule has 1 unspecified atom stereocenters. The van der Waals surface area contributed by atoms with Crippen LogP contribution in [0.25, 0.3) is 0 Å². The molecule has 0 amide bonds. The third-order valence-electron chi connectivity index (χ3n) is 1.91. The zero-order chi connectivity index (χ0) is 11.6. The van der Waals surface area contributed by atoms with Crippen LogP contribution in [-0.4, -0.2) is 34.0 Å². The summed E-state index contributed by atoms with van der Waals surface area (Å²) < 4.78 is 36.7. The van der Waals surface area contributed by atoms with Crippen molar-refractivity contribution in [3.05, 3.63) is 24.3 Å². The molecule has 0 saturated carbocycles. The van der Waals surface area contributed by atoms with E-state index in [1.807, 2.05) is 0 Å². The fourth-order valence-electron chi connectivity index (χ4n) is 1.12. The molecule has 1 fully saturated rings. The van der Waals surface area contributed by atoms with Crippen molar-refractivity contribution in [1.82, 2.24) is 0 Å². The van der Waals surface area contributed by atoms with Crippen LogP contribution in [0.1, 0.15) is 0 Å². The van der Waals surface area contributed by atoms with Crippen molar-refractivity contribution in [3.63, 3.8) is 0 Å². The molecule has 0 aliphatic carbocycles. The van der Waals surface area contributed by atoms with Crippen molar-refractivity contribution in [2.24, 2.45) is 0 Å². The predicted molar refractivity (Wildman–Crippen MR) is 57.1 cm³/mol. The van der Waals surface area contributed by atoms with Crippen LogP contribution >= 0.6 is 0 Å². The maximum absolute atomic E-state index is 10.8. The molecule has 1 aromatic carbocycles. The van der Waals surface area contributed by atoms with Gasteiger partial charge in [0, 0.05) is 0 Å². The summed E-state index contributed by atoms with van der Waals surface area (Å²) in [6.07, 6.45) is 1.20. The number of hydrogen-bond acceptors (Lipinski definition) is 5. The molecule has 2 rings (SSSR count). The standard InChI is InChI=1S/C10H12O5S/c1-16(11,12)15-9-4-2-8(3-5-9)13-6-10-7-14-10/h2-5,10H,6-7H2,1H3. The molecule has 1 aliphatic rings. The van der Waals surface area contributed by atoms with E-state index in [1.54, 1.807) is 24.3 Å². The van der Waals surface area contributed by atoms with Crippen molar-refractivity contribution in [1.29, 1.82) is 0 Å². The molecule has 16 heavy (non-hydrogen) atoms. The summed E-state index contributed by atoms with van der Waals surface area (Å²) >= 11 is 0. The maximum Gasteiger partial charge on any atom is 0.306 e. The highest BCUT2D eigenvalue weighted by Crippen LogP contribution is 2.20. The number of benzene rings is 1. The van der Waals surface area contributed by atoms with Gasteiger partial charge in [-0.2, -0.15) is 8.42 Å². The van der Waals surface area contributed by atoms with Crippen molar-refractivity contribution < 1.29 is 22.1 Å². The molecule has 1 aliphatic heterocycles. The molecule has 6 heteroatoms. The highest BCUT2D eigenvalue weighted by atomic mass is 32.2. The lowest BCUT2D eigenvalue weighted by atomic mass is 10.3. The summed E-state index contributed by atoms with van der Waals surface area (Å²) in [5.41, 5.74) is 0. The fraction of sp³-hybridized carbons (Fsp3) is 0.400. The molecule has 1 heterocycles. The fourth-order valence-corrected chi connectivity index (χ4v) is 1.58. The normalized spacial score (nSPS) is 19.2. The van der Waals surface area contributed by atoms with Crippen LogP contribution in [0.3, 0.4) is 0 Å². The predicted octanol–water partition coefficient (Wildman–Crippen LogP) is 0.803. The highest BCUT2D eigenvalue weighted by Gasteiger charge is 2.22. The van der Waals surface area contributed by atoms with E-state index in [-0.39, 0.29) is 11.9 Å². The average molecular weight is 244 g/mol. The van der Waals surface area contributed by atoms with E-state index in [9.17, 15) is 8.42 Å². The molecular formula is C10H12O5S. The van der Waals surface area contributed by atoms with Gasteiger partial charge in [0.25, 0.3) is 0 Å². The Morgan fingerprint density at radius 1 is 1.31 bits per heavy atom. The Labute approximate surface area is 94.1 Å². The molecule has 5 nitrogen and oxygen atoms in total. The first-order valence-electron chi connectivity index (χ1n) is 4.77. The van der Waals surface area contributed by atoms with Crippen LogP contribution < -0.4 is 8.92 Å². The average Bonchev–Trinajstić information content (AvgIpc) is 2.98. The summed E-state index contributed by atoms with van der Waals surface area (Å²) in [5.74, 6) is 0.939. The lowest BCUT2D eigenvalue weighted by Crippen LogP contribution is -2.06. The van der Waals surface area contributed by atoms with E-state index in [2.05, 4.69) is 4.18 Å². The largest absolute Gasteiger partial charge is 0.491 e. The Hall–Kier alpha value is -1.27. The number of rotatable bonds is 5. The van der Waals surface area contributed by atoms with Gasteiger partial charge in [0.2, 0.25) is 0 Å². The topological polar surface area (TPSA) is 65.1 Å². The molecule has 1 saturated heterocycles. The Bertz CT molecular complexity index is 447. The third kappa shape index (κ3) is 3.71. The second-order valence-corrected chi connectivity index (χ2v) is 5.10. The minimum Gasteiger partial charge on any atom is -0.491 e. The monoisotopic (exact) mass is 244 g/mol. The lowest BCUT2D eigenvalue weighted by molar-refractivity contribution is 0.263. The van der Waals surface area contributed by atoms with Crippen LogP contribution in [0.4, 0.5) is 0 Å². The molecular weight excluding hydrogens is 232 g/mol. The molecule has 0 spiro atoms. The minimum absolute atomic E-state index is 0.201. The van der Waals surface area contributed by atoms with Crippen molar-refractivity contribution in [3.8, 4) is 11.5 Å². The SMILES string of the molecule is CS(=O)(=O)Oc1ccc(OCC2CO2)cc1. The third-order valence-corrected chi connectivity index (χ3v) is 2.40. The minimum atomic E-state index is -3.47. The van der Waals surface area contributed by atoms with E-state index >= 15 is 0 Å². The molecule has 88 valence electrons. The first-order valence-corrected chi connectivity index (χ1v) is 6.58. The van der Waals surface area contributed by atoms with Gasteiger partial charge in [0.15, 0.2) is 0 Å². The van der Waals surface area contributed by atoms with Crippen LogP contribution in [0.15, 0.2) is 24.3 Å². The van der Waals surface area contributed by atoms with E-state index in [1.165, 1.54) is 0 Å². The van der Waals surface area contributed by atoms with Crippen molar-refractivity contribution in [2.45, 2.75) is 6.10 Å². The Balaban J connectivity index is 1.92. The number of epoxide rings is 1. The second-order valence-electron chi connectivity index (χ2n) is 3.53. The lowest BCUT2D eigenvalue weighted by Gasteiger charge is -2.05. The number of hydrogen-bond donors (Lipinski definition) is 0. The highest BCUT2D eigenvalue weighted by molar-refractivity contribution is 7.86. The Morgan fingerprint density at radius 3 is 2.38 bits per heavy atom. The first-order chi connectivity index (χ1) is 7.53. The molecule has 1 atom stereocenters. The molecule has 0 bridgehead atoms. The van der Waals surface area contributed by atoms with Gasteiger partial charge in [0.05, 0.1) is 12.9 Å². The van der Waals surface area contributed by atoms with Crippen LogP contribution in [0.5, 0.6) is 11.5 Å². The van der Waals surface area contributed by atoms with Gasteiger partial charge in [0.1, 0.15) is 24.2 Å². The smallest absolute Gasteiger partial charge is 0.306 e. The van der Waals surface area contributed by atoms with Crippen molar-refractivity contribution in [2.75, 3.05) is 19.5 Å². The molecule has 1 aromatic rings. The van der Waals surface area contributed by atoms with Gasteiger partial charge in [-0.25, -0.2) is 0 Å². The van der Waals surface area contributed by atoms with E-state index < -0.39 is 10.1 Å². The van der Waals surface area contributed by atoms with Crippen LogP contribution in [0, 0.1) is 0 Å². The Kier molecular flexibility index (Phi) is 3.02. The van der Waals surface area contributed by atoms with E-state index in [0.29, 0.717) is 12.4 Å².